The number of carboxylic acid groups (broad SMARTS) is 1. The van der Waals surface area contributed by atoms with Gasteiger partial charge in [-0.1, -0.05) is 35.9 Å². The molecule has 0 aliphatic carbocycles. The van der Waals surface area contributed by atoms with Gasteiger partial charge >= 0.3 is 5.97 Å². The lowest BCUT2D eigenvalue weighted by Crippen LogP contribution is -2.39. The van der Waals surface area contributed by atoms with Gasteiger partial charge in [-0.05, 0) is 30.7 Å². The lowest BCUT2D eigenvalue weighted by molar-refractivity contribution is -0.119. The highest BCUT2D eigenvalue weighted by Crippen LogP contribution is 2.26. The van der Waals surface area contributed by atoms with E-state index in [1.54, 1.807) is 31.2 Å². The number of carbonyl (C=O) groups excluding carboxylic acids is 1. The Morgan fingerprint density at radius 2 is 1.93 bits per heavy atom. The van der Waals surface area contributed by atoms with Crippen molar-refractivity contribution in [2.75, 3.05) is 17.1 Å². The quantitative estimate of drug-likeness (QED) is 0.523. The first-order valence-electron chi connectivity index (χ1n) is 7.97. The minimum absolute atomic E-state index is 0.0211. The van der Waals surface area contributed by atoms with Crippen molar-refractivity contribution in [2.24, 2.45) is 5.10 Å². The largest absolute Gasteiger partial charge is 0.478 e. The van der Waals surface area contributed by atoms with Crippen molar-refractivity contribution in [3.8, 4) is 0 Å². The summed E-state index contributed by atoms with van der Waals surface area (Å²) >= 11 is 5.95. The minimum atomic E-state index is -3.76. The Balaban J connectivity index is 2.17. The zero-order chi connectivity index (χ0) is 20.9. The molecule has 10 heteroatoms. The van der Waals surface area contributed by atoms with Gasteiger partial charge in [-0.2, -0.15) is 5.10 Å². The first-order valence-corrected chi connectivity index (χ1v) is 10.2. The van der Waals surface area contributed by atoms with E-state index in [4.69, 9.17) is 16.7 Å². The van der Waals surface area contributed by atoms with E-state index >= 15 is 0 Å². The summed E-state index contributed by atoms with van der Waals surface area (Å²) in [7, 11) is -3.76. The highest BCUT2D eigenvalue weighted by Gasteiger charge is 2.22. The summed E-state index contributed by atoms with van der Waals surface area (Å²) < 4.78 is 25.2. The highest BCUT2D eigenvalue weighted by atomic mass is 35.5. The maximum Gasteiger partial charge on any atom is 0.336 e. The van der Waals surface area contributed by atoms with Gasteiger partial charge in [-0.15, -0.1) is 0 Å². The van der Waals surface area contributed by atoms with Crippen LogP contribution in [0.15, 0.2) is 47.6 Å². The van der Waals surface area contributed by atoms with E-state index in [2.05, 4.69) is 10.5 Å². The number of nitrogens with one attached hydrogen (secondary N) is 1. The van der Waals surface area contributed by atoms with Crippen LogP contribution >= 0.6 is 11.6 Å². The predicted octanol–water partition coefficient (Wildman–Crippen LogP) is 2.26. The third-order valence-corrected chi connectivity index (χ3v) is 5.07. The van der Waals surface area contributed by atoms with Crippen molar-refractivity contribution in [3.63, 3.8) is 0 Å². The molecule has 0 saturated carbocycles. The summed E-state index contributed by atoms with van der Waals surface area (Å²) in [5.41, 5.74) is 3.42. The van der Waals surface area contributed by atoms with Crippen LogP contribution in [0.5, 0.6) is 0 Å². The highest BCUT2D eigenvalue weighted by molar-refractivity contribution is 7.92. The van der Waals surface area contributed by atoms with Gasteiger partial charge in [0.05, 0.1) is 23.7 Å². The molecule has 2 aromatic rings. The first kappa shape index (κ1) is 21.4. The molecule has 2 aromatic carbocycles. The van der Waals surface area contributed by atoms with Crippen LogP contribution in [-0.2, 0) is 14.8 Å². The summed E-state index contributed by atoms with van der Waals surface area (Å²) in [6, 6.07) is 10.8. The molecule has 2 N–H and O–H groups in total. The minimum Gasteiger partial charge on any atom is -0.478 e. The van der Waals surface area contributed by atoms with Crippen LogP contribution in [0.4, 0.5) is 5.69 Å². The van der Waals surface area contributed by atoms with Crippen molar-refractivity contribution in [1.29, 1.82) is 0 Å². The Kier molecular flexibility index (Phi) is 6.76. The smallest absolute Gasteiger partial charge is 0.336 e. The number of hydrazone groups is 1. The van der Waals surface area contributed by atoms with Crippen molar-refractivity contribution >= 4 is 45.4 Å². The number of nitrogens with zero attached hydrogens (tertiary/aromatic N) is 2. The van der Waals surface area contributed by atoms with Crippen LogP contribution in [0, 0.1) is 6.92 Å². The fourth-order valence-corrected chi connectivity index (χ4v) is 3.45. The average Bonchev–Trinajstić information content (AvgIpc) is 2.61. The van der Waals surface area contributed by atoms with E-state index in [0.717, 1.165) is 10.6 Å². The zero-order valence-electron chi connectivity index (χ0n) is 15.1. The Morgan fingerprint density at radius 3 is 2.57 bits per heavy atom. The van der Waals surface area contributed by atoms with Crippen molar-refractivity contribution in [2.45, 2.75) is 6.92 Å². The van der Waals surface area contributed by atoms with Gasteiger partial charge < -0.3 is 5.11 Å². The molecule has 0 aliphatic heterocycles. The lowest BCUT2D eigenvalue weighted by atomic mass is 10.1. The van der Waals surface area contributed by atoms with Gasteiger partial charge in [-0.25, -0.2) is 18.6 Å². The van der Waals surface area contributed by atoms with Crippen molar-refractivity contribution in [1.82, 2.24) is 5.43 Å². The van der Waals surface area contributed by atoms with E-state index in [0.29, 0.717) is 16.1 Å². The van der Waals surface area contributed by atoms with Crippen LogP contribution < -0.4 is 9.73 Å². The normalized spacial score (nSPS) is 11.4. The maximum atomic E-state index is 12.2. The Labute approximate surface area is 167 Å². The third-order valence-electron chi connectivity index (χ3n) is 3.71. The molecule has 0 radical (unpaired) electrons. The van der Waals surface area contributed by atoms with Crippen LogP contribution in [0.25, 0.3) is 0 Å². The molecule has 0 fully saturated rings. The molecule has 0 saturated heterocycles. The zero-order valence-corrected chi connectivity index (χ0v) is 16.7. The topological polar surface area (TPSA) is 116 Å². The number of benzene rings is 2. The van der Waals surface area contributed by atoms with E-state index in [-0.39, 0.29) is 11.3 Å². The molecule has 0 aliphatic rings. The van der Waals surface area contributed by atoms with E-state index in [9.17, 15) is 18.0 Å². The van der Waals surface area contributed by atoms with E-state index in [1.165, 1.54) is 24.4 Å². The first-order chi connectivity index (χ1) is 13.1. The summed E-state index contributed by atoms with van der Waals surface area (Å²) in [5.74, 6) is -1.83. The summed E-state index contributed by atoms with van der Waals surface area (Å²) in [5, 5.41) is 13.2. The summed E-state index contributed by atoms with van der Waals surface area (Å²) in [6.07, 6.45) is 2.16. The fraction of sp³-hybridized carbons (Fsp3) is 0.167. The standard InChI is InChI=1S/C18H18ClN3O5S/c1-12-7-8-14(19)9-16(12)22(28(2,26)27)11-17(23)21-20-10-13-5-3-4-6-15(13)18(24)25/h3-10H,11H2,1-2H3,(H,21,23)(H,24,25)/b20-10-. The number of rotatable bonds is 7. The van der Waals surface area contributed by atoms with Crippen molar-refractivity contribution in [3.05, 3.63) is 64.2 Å². The maximum absolute atomic E-state index is 12.2. The number of carboxylic acids is 1. The number of carbonyl (C=O) groups is 2. The molecular weight excluding hydrogens is 406 g/mol. The number of hydrogen-bond donors (Lipinski definition) is 2. The van der Waals surface area contributed by atoms with Gasteiger partial charge in [0.1, 0.15) is 6.54 Å². The Morgan fingerprint density at radius 1 is 1.25 bits per heavy atom. The van der Waals surface area contributed by atoms with Crippen LogP contribution in [-0.4, -0.2) is 44.4 Å². The Bertz CT molecular complexity index is 1040. The van der Waals surface area contributed by atoms with Gasteiger partial charge in [0, 0.05) is 10.6 Å². The number of aryl methyl sites for hydroxylation is 1. The second-order valence-electron chi connectivity index (χ2n) is 5.89. The molecule has 8 nitrogen and oxygen atoms in total. The number of anilines is 1. The SMILES string of the molecule is Cc1ccc(Cl)cc1N(CC(=O)N/N=C\c1ccccc1C(=O)O)S(C)(=O)=O. The fourth-order valence-electron chi connectivity index (χ4n) is 2.38. The Hall–Kier alpha value is -2.91. The summed E-state index contributed by atoms with van der Waals surface area (Å²) in [6.45, 7) is 1.18. The van der Waals surface area contributed by atoms with E-state index < -0.39 is 28.4 Å². The van der Waals surface area contributed by atoms with Crippen LogP contribution in [0.3, 0.4) is 0 Å². The third kappa shape index (κ3) is 5.54. The lowest BCUT2D eigenvalue weighted by Gasteiger charge is -2.23. The number of sulfonamides is 1. The monoisotopic (exact) mass is 423 g/mol. The van der Waals surface area contributed by atoms with Gasteiger partial charge in [0.25, 0.3) is 5.91 Å². The molecule has 1 amide bonds. The number of hydrogen-bond acceptors (Lipinski definition) is 5. The second-order valence-corrected chi connectivity index (χ2v) is 8.23. The van der Waals surface area contributed by atoms with Gasteiger partial charge in [0.15, 0.2) is 0 Å². The number of halogens is 1. The molecule has 2 rings (SSSR count). The number of aromatic carboxylic acids is 1. The molecule has 0 spiro atoms. The molecule has 28 heavy (non-hydrogen) atoms. The molecule has 148 valence electrons. The second kappa shape index (κ2) is 8.85. The number of amides is 1. The van der Waals surface area contributed by atoms with Crippen LogP contribution in [0.2, 0.25) is 5.02 Å². The van der Waals surface area contributed by atoms with Gasteiger partial charge in [0.2, 0.25) is 10.0 Å². The molecule has 0 bridgehead atoms. The van der Waals surface area contributed by atoms with Crippen LogP contribution in [0.1, 0.15) is 21.5 Å². The molecule has 0 aromatic heterocycles. The van der Waals surface area contributed by atoms with Gasteiger partial charge in [-0.3, -0.25) is 9.10 Å². The average molecular weight is 424 g/mol. The molecular formula is C18H18ClN3O5S. The molecule has 0 atom stereocenters. The van der Waals surface area contributed by atoms with Crippen molar-refractivity contribution < 1.29 is 23.1 Å². The summed E-state index contributed by atoms with van der Waals surface area (Å²) in [4.78, 5) is 23.4. The van der Waals surface area contributed by atoms with E-state index in [1.807, 2.05) is 0 Å². The molecule has 0 heterocycles. The molecule has 0 unspecified atom stereocenters. The predicted molar refractivity (Wildman–Crippen MR) is 108 cm³/mol.